The van der Waals surface area contributed by atoms with Crippen molar-refractivity contribution >= 4 is 26.9 Å². The first-order chi connectivity index (χ1) is 7.36. The van der Waals surface area contributed by atoms with Gasteiger partial charge in [-0.3, -0.25) is 0 Å². The van der Waals surface area contributed by atoms with Crippen molar-refractivity contribution < 1.29 is 9.15 Å². The van der Waals surface area contributed by atoms with Gasteiger partial charge in [-0.1, -0.05) is 28.1 Å². The van der Waals surface area contributed by atoms with Gasteiger partial charge in [-0.05, 0) is 12.1 Å². The van der Waals surface area contributed by atoms with Gasteiger partial charge in [0, 0.05) is 5.33 Å². The average molecular weight is 266 g/mol. The predicted octanol–water partition coefficient (Wildman–Crippen LogP) is 3.08. The summed E-state index contributed by atoms with van der Waals surface area (Å²) in [6, 6.07) is 9.43. The van der Waals surface area contributed by atoms with Crippen LogP contribution in [-0.2, 0) is 0 Å². The van der Waals surface area contributed by atoms with Crippen LogP contribution < -0.4 is 4.74 Å². The van der Waals surface area contributed by atoms with Gasteiger partial charge in [-0.15, -0.1) is 0 Å². The molecule has 0 aliphatic heterocycles. The maximum absolute atomic E-state index is 8.88. The van der Waals surface area contributed by atoms with E-state index in [4.69, 9.17) is 14.4 Å². The lowest BCUT2D eigenvalue weighted by molar-refractivity contribution is 0.341. The quantitative estimate of drug-likeness (QED) is 0.802. The zero-order valence-corrected chi connectivity index (χ0v) is 9.45. The molecule has 0 spiro atoms. The number of hydrogen-bond donors (Lipinski definition) is 0. The van der Waals surface area contributed by atoms with Crippen LogP contribution in [0.2, 0.25) is 0 Å². The van der Waals surface area contributed by atoms with Gasteiger partial charge in [0.25, 0.3) is 0 Å². The van der Waals surface area contributed by atoms with E-state index in [1.165, 1.54) is 0 Å². The van der Waals surface area contributed by atoms with Gasteiger partial charge in [0.15, 0.2) is 5.75 Å². The molecule has 4 heteroatoms. The summed E-state index contributed by atoms with van der Waals surface area (Å²) in [7, 11) is 0. The lowest BCUT2D eigenvalue weighted by Crippen LogP contribution is -1.98. The number of benzene rings is 1. The molecule has 0 bridgehead atoms. The van der Waals surface area contributed by atoms with Crippen LogP contribution in [0.3, 0.4) is 0 Å². The number of hydrogen-bond acceptors (Lipinski definition) is 3. The van der Waals surface area contributed by atoms with Crippen molar-refractivity contribution in [2.75, 3.05) is 11.9 Å². The minimum Gasteiger partial charge on any atom is -0.487 e. The number of rotatable bonds is 3. The van der Waals surface area contributed by atoms with Crippen molar-refractivity contribution in [1.29, 1.82) is 5.26 Å². The third-order valence-corrected chi connectivity index (χ3v) is 2.30. The van der Waals surface area contributed by atoms with E-state index in [1.54, 1.807) is 0 Å². The molecule has 1 aromatic heterocycles. The van der Waals surface area contributed by atoms with Crippen LogP contribution in [0.1, 0.15) is 5.76 Å². The number of halogens is 1. The summed E-state index contributed by atoms with van der Waals surface area (Å²) in [5.74, 6) is 0.768. The molecule has 0 aliphatic rings. The number of ether oxygens (including phenoxy) is 1. The Morgan fingerprint density at radius 2 is 2.20 bits per heavy atom. The number of furan rings is 1. The summed E-state index contributed by atoms with van der Waals surface area (Å²) in [5, 5.41) is 10.4. The van der Waals surface area contributed by atoms with E-state index in [0.29, 0.717) is 17.9 Å². The fraction of sp³-hybridized carbons (Fsp3) is 0.182. The average Bonchev–Trinajstić information content (AvgIpc) is 2.64. The van der Waals surface area contributed by atoms with Gasteiger partial charge in [-0.25, -0.2) is 0 Å². The first-order valence-electron chi connectivity index (χ1n) is 4.47. The minimum absolute atomic E-state index is 0.233. The minimum atomic E-state index is 0.233. The summed E-state index contributed by atoms with van der Waals surface area (Å²) in [4.78, 5) is 0. The molecule has 0 radical (unpaired) electrons. The fourth-order valence-electron chi connectivity index (χ4n) is 1.38. The highest BCUT2D eigenvalue weighted by Gasteiger charge is 2.14. The second-order valence-corrected chi connectivity index (χ2v) is 3.70. The van der Waals surface area contributed by atoms with Crippen molar-refractivity contribution in [3.05, 3.63) is 30.0 Å². The molecule has 2 rings (SSSR count). The zero-order chi connectivity index (χ0) is 10.7. The molecule has 0 aliphatic carbocycles. The molecule has 3 nitrogen and oxygen atoms in total. The molecule has 0 unspecified atom stereocenters. The Hall–Kier alpha value is -1.47. The topological polar surface area (TPSA) is 46.2 Å². The molecular formula is C11H8BrNO2. The monoisotopic (exact) mass is 265 g/mol. The van der Waals surface area contributed by atoms with Gasteiger partial charge < -0.3 is 9.15 Å². The fourth-order valence-corrected chi connectivity index (χ4v) is 1.54. The van der Waals surface area contributed by atoms with Crippen molar-refractivity contribution in [3.8, 4) is 11.8 Å². The first kappa shape index (κ1) is 10.1. The Bertz CT molecular complexity index is 513. The van der Waals surface area contributed by atoms with Crippen LogP contribution in [0.15, 0.2) is 28.7 Å². The maximum Gasteiger partial charge on any atom is 0.246 e. The van der Waals surface area contributed by atoms with E-state index in [0.717, 1.165) is 10.7 Å². The Balaban J connectivity index is 2.53. The highest BCUT2D eigenvalue weighted by Crippen LogP contribution is 2.32. The van der Waals surface area contributed by atoms with E-state index in [2.05, 4.69) is 15.9 Å². The molecule has 0 N–H and O–H groups in total. The van der Waals surface area contributed by atoms with Gasteiger partial charge in [0.1, 0.15) is 11.7 Å². The second kappa shape index (κ2) is 4.37. The standard InChI is InChI=1S/C11H8BrNO2/c12-5-6-14-11-8-3-1-2-4-9(8)15-10(11)7-13/h1-4H,5-6H2. The van der Waals surface area contributed by atoms with Crippen LogP contribution in [-0.4, -0.2) is 11.9 Å². The Labute approximate surface area is 95.4 Å². The molecule has 0 amide bonds. The van der Waals surface area contributed by atoms with E-state index >= 15 is 0 Å². The highest BCUT2D eigenvalue weighted by molar-refractivity contribution is 9.09. The van der Waals surface area contributed by atoms with Crippen LogP contribution in [0, 0.1) is 11.3 Å². The maximum atomic E-state index is 8.88. The highest BCUT2D eigenvalue weighted by atomic mass is 79.9. The molecule has 76 valence electrons. The van der Waals surface area contributed by atoms with Crippen molar-refractivity contribution in [1.82, 2.24) is 0 Å². The van der Waals surface area contributed by atoms with E-state index in [-0.39, 0.29) is 5.76 Å². The van der Waals surface area contributed by atoms with E-state index < -0.39 is 0 Å². The van der Waals surface area contributed by atoms with Crippen molar-refractivity contribution in [2.45, 2.75) is 0 Å². The van der Waals surface area contributed by atoms with Crippen molar-refractivity contribution in [2.24, 2.45) is 0 Å². The Kier molecular flexibility index (Phi) is 2.93. The summed E-state index contributed by atoms with van der Waals surface area (Å²) in [6.07, 6.45) is 0. The molecule has 0 fully saturated rings. The van der Waals surface area contributed by atoms with Crippen molar-refractivity contribution in [3.63, 3.8) is 0 Å². The van der Waals surface area contributed by atoms with Crippen LogP contribution in [0.4, 0.5) is 0 Å². The molecule has 15 heavy (non-hydrogen) atoms. The largest absolute Gasteiger partial charge is 0.487 e. The SMILES string of the molecule is N#Cc1oc2ccccc2c1OCCBr. The lowest BCUT2D eigenvalue weighted by Gasteiger charge is -2.00. The third-order valence-electron chi connectivity index (χ3n) is 1.98. The van der Waals surface area contributed by atoms with Gasteiger partial charge in [0.2, 0.25) is 5.76 Å². The molecule has 0 atom stereocenters. The van der Waals surface area contributed by atoms with E-state index in [1.807, 2.05) is 30.3 Å². The summed E-state index contributed by atoms with van der Waals surface area (Å²) in [6.45, 7) is 0.512. The predicted molar refractivity (Wildman–Crippen MR) is 60.2 cm³/mol. The van der Waals surface area contributed by atoms with Gasteiger partial charge in [0.05, 0.1) is 12.0 Å². The zero-order valence-electron chi connectivity index (χ0n) is 7.87. The number of alkyl halides is 1. The normalized spacial score (nSPS) is 10.1. The molecule has 2 aromatic rings. The summed E-state index contributed by atoms with van der Waals surface area (Å²) < 4.78 is 10.8. The number of para-hydroxylation sites is 1. The Morgan fingerprint density at radius 3 is 2.93 bits per heavy atom. The third kappa shape index (κ3) is 1.83. The molecule has 0 saturated heterocycles. The smallest absolute Gasteiger partial charge is 0.246 e. The number of fused-ring (bicyclic) bond motifs is 1. The number of nitriles is 1. The summed E-state index contributed by atoms with van der Waals surface area (Å²) in [5.41, 5.74) is 0.679. The Morgan fingerprint density at radius 1 is 1.40 bits per heavy atom. The molecule has 0 saturated carbocycles. The molecule has 1 aromatic carbocycles. The van der Waals surface area contributed by atoms with Crippen LogP contribution >= 0.6 is 15.9 Å². The lowest BCUT2D eigenvalue weighted by atomic mass is 10.2. The van der Waals surface area contributed by atoms with Crippen LogP contribution in [0.5, 0.6) is 5.75 Å². The second-order valence-electron chi connectivity index (χ2n) is 2.91. The molecule has 1 heterocycles. The van der Waals surface area contributed by atoms with Gasteiger partial charge in [-0.2, -0.15) is 5.26 Å². The van der Waals surface area contributed by atoms with Gasteiger partial charge >= 0.3 is 0 Å². The number of nitrogens with zero attached hydrogens (tertiary/aromatic N) is 1. The van der Waals surface area contributed by atoms with E-state index in [9.17, 15) is 0 Å². The summed E-state index contributed by atoms with van der Waals surface area (Å²) >= 11 is 3.27. The molecular weight excluding hydrogens is 258 g/mol. The first-order valence-corrected chi connectivity index (χ1v) is 5.59. The van der Waals surface area contributed by atoms with Crippen LogP contribution in [0.25, 0.3) is 11.0 Å².